The molecule has 1 fully saturated rings. The molecular formula is C19H18F3N3O2. The molecule has 3 rings (SSSR count). The van der Waals surface area contributed by atoms with E-state index in [1.807, 2.05) is 0 Å². The zero-order valence-corrected chi connectivity index (χ0v) is 14.3. The Morgan fingerprint density at radius 2 is 1.78 bits per heavy atom. The van der Waals surface area contributed by atoms with Crippen LogP contribution in [0.25, 0.3) is 0 Å². The van der Waals surface area contributed by atoms with Crippen LogP contribution in [-0.4, -0.2) is 22.8 Å². The van der Waals surface area contributed by atoms with Crippen molar-refractivity contribution in [1.29, 1.82) is 0 Å². The molecule has 0 aliphatic heterocycles. The number of halogens is 3. The van der Waals surface area contributed by atoms with E-state index >= 15 is 0 Å². The van der Waals surface area contributed by atoms with Gasteiger partial charge in [-0.1, -0.05) is 18.9 Å². The molecule has 0 saturated heterocycles. The van der Waals surface area contributed by atoms with Crippen molar-refractivity contribution in [1.82, 2.24) is 10.3 Å². The van der Waals surface area contributed by atoms with Gasteiger partial charge in [0.1, 0.15) is 5.69 Å². The van der Waals surface area contributed by atoms with Gasteiger partial charge in [-0.3, -0.25) is 14.6 Å². The van der Waals surface area contributed by atoms with Gasteiger partial charge in [0.15, 0.2) is 0 Å². The summed E-state index contributed by atoms with van der Waals surface area (Å²) in [5.41, 5.74) is -0.632. The molecule has 142 valence electrons. The average Bonchev–Trinajstić information content (AvgIpc) is 3.14. The fourth-order valence-electron chi connectivity index (χ4n) is 3.00. The van der Waals surface area contributed by atoms with E-state index in [1.54, 1.807) is 0 Å². The van der Waals surface area contributed by atoms with Crippen LogP contribution in [0.1, 0.15) is 52.1 Å². The summed E-state index contributed by atoms with van der Waals surface area (Å²) < 4.78 is 38.3. The number of anilines is 1. The van der Waals surface area contributed by atoms with Crippen LogP contribution >= 0.6 is 0 Å². The summed E-state index contributed by atoms with van der Waals surface area (Å²) in [7, 11) is 0. The molecule has 1 aliphatic carbocycles. The van der Waals surface area contributed by atoms with E-state index in [2.05, 4.69) is 15.6 Å². The molecule has 8 heteroatoms. The molecule has 0 atom stereocenters. The summed E-state index contributed by atoms with van der Waals surface area (Å²) in [4.78, 5) is 28.5. The summed E-state index contributed by atoms with van der Waals surface area (Å²) in [6.45, 7) is 0. The summed E-state index contributed by atoms with van der Waals surface area (Å²) in [6, 6.07) is 7.27. The Hall–Kier alpha value is -2.90. The van der Waals surface area contributed by atoms with Crippen LogP contribution in [0.3, 0.4) is 0 Å². The second kappa shape index (κ2) is 7.77. The lowest BCUT2D eigenvalue weighted by Gasteiger charge is -2.12. The van der Waals surface area contributed by atoms with E-state index in [1.165, 1.54) is 30.5 Å². The first-order valence-electron chi connectivity index (χ1n) is 8.58. The first-order valence-corrected chi connectivity index (χ1v) is 8.58. The molecule has 2 amide bonds. The fourth-order valence-corrected chi connectivity index (χ4v) is 3.00. The highest BCUT2D eigenvalue weighted by Gasteiger charge is 2.30. The van der Waals surface area contributed by atoms with Crippen molar-refractivity contribution in [2.24, 2.45) is 0 Å². The molecule has 2 aromatic rings. The lowest BCUT2D eigenvalue weighted by atomic mass is 10.1. The Kier molecular flexibility index (Phi) is 5.43. The molecule has 5 nitrogen and oxygen atoms in total. The van der Waals surface area contributed by atoms with Crippen LogP contribution < -0.4 is 10.6 Å². The minimum Gasteiger partial charge on any atom is -0.349 e. The number of alkyl halides is 3. The molecule has 27 heavy (non-hydrogen) atoms. The van der Waals surface area contributed by atoms with Crippen molar-refractivity contribution in [2.45, 2.75) is 37.9 Å². The Morgan fingerprint density at radius 1 is 1.04 bits per heavy atom. The molecule has 0 radical (unpaired) electrons. The van der Waals surface area contributed by atoms with Crippen molar-refractivity contribution < 1.29 is 22.8 Å². The van der Waals surface area contributed by atoms with E-state index in [0.717, 1.165) is 37.8 Å². The van der Waals surface area contributed by atoms with Crippen LogP contribution in [0.5, 0.6) is 0 Å². The molecule has 1 aromatic heterocycles. The van der Waals surface area contributed by atoms with Gasteiger partial charge in [0.25, 0.3) is 11.8 Å². The zero-order chi connectivity index (χ0) is 19.4. The fraction of sp³-hybridized carbons (Fsp3) is 0.316. The molecule has 0 spiro atoms. The summed E-state index contributed by atoms with van der Waals surface area (Å²) in [5, 5.41) is 5.29. The highest BCUT2D eigenvalue weighted by atomic mass is 19.4. The molecule has 0 bridgehead atoms. The lowest BCUT2D eigenvalue weighted by Crippen LogP contribution is -2.32. The largest absolute Gasteiger partial charge is 0.416 e. The van der Waals surface area contributed by atoms with Crippen molar-refractivity contribution in [3.8, 4) is 0 Å². The Labute approximate surface area is 154 Å². The average molecular weight is 377 g/mol. The number of benzene rings is 1. The quantitative estimate of drug-likeness (QED) is 0.845. The van der Waals surface area contributed by atoms with E-state index < -0.39 is 17.6 Å². The van der Waals surface area contributed by atoms with E-state index in [9.17, 15) is 22.8 Å². The summed E-state index contributed by atoms with van der Waals surface area (Å²) in [6.07, 6.45) is 0.832. The van der Waals surface area contributed by atoms with Gasteiger partial charge in [0.2, 0.25) is 0 Å². The van der Waals surface area contributed by atoms with Crippen LogP contribution in [0.2, 0.25) is 0 Å². The summed E-state index contributed by atoms with van der Waals surface area (Å²) in [5.74, 6) is -0.984. The monoisotopic (exact) mass is 377 g/mol. The van der Waals surface area contributed by atoms with E-state index in [-0.39, 0.29) is 28.9 Å². The highest BCUT2D eigenvalue weighted by Crippen LogP contribution is 2.30. The maximum absolute atomic E-state index is 12.8. The zero-order valence-electron chi connectivity index (χ0n) is 14.3. The number of pyridine rings is 1. The molecular weight excluding hydrogens is 359 g/mol. The van der Waals surface area contributed by atoms with Crippen LogP contribution in [0.15, 0.2) is 42.6 Å². The number of carbonyl (C=O) groups excluding carboxylic acids is 2. The third-order valence-corrected chi connectivity index (χ3v) is 4.39. The molecule has 2 N–H and O–H groups in total. The minimum absolute atomic E-state index is 0.00237. The molecule has 1 heterocycles. The van der Waals surface area contributed by atoms with Gasteiger partial charge in [-0.15, -0.1) is 0 Å². The topological polar surface area (TPSA) is 71.1 Å². The standard InChI is InChI=1S/C19H18F3N3O2/c20-19(21,22)13-4-3-7-15(11-13)25-18(27)16-10-12(8-9-23-16)17(26)24-14-5-1-2-6-14/h3-4,7-11,14H,1-2,5-6H2,(H,24,26)(H,25,27). The number of hydrogen-bond donors (Lipinski definition) is 2. The van der Waals surface area contributed by atoms with E-state index in [0.29, 0.717) is 0 Å². The number of nitrogens with zero attached hydrogens (tertiary/aromatic N) is 1. The first kappa shape index (κ1) is 18.9. The van der Waals surface area contributed by atoms with Gasteiger partial charge < -0.3 is 10.6 Å². The molecule has 1 aromatic carbocycles. The third kappa shape index (κ3) is 4.84. The number of amides is 2. The van der Waals surface area contributed by atoms with Crippen LogP contribution in [0.4, 0.5) is 18.9 Å². The van der Waals surface area contributed by atoms with Crippen molar-refractivity contribution in [3.63, 3.8) is 0 Å². The normalized spacial score (nSPS) is 14.8. The Bertz CT molecular complexity index is 846. The summed E-state index contributed by atoms with van der Waals surface area (Å²) >= 11 is 0. The van der Waals surface area contributed by atoms with Crippen LogP contribution in [-0.2, 0) is 6.18 Å². The molecule has 1 saturated carbocycles. The Morgan fingerprint density at radius 3 is 2.48 bits per heavy atom. The van der Waals surface area contributed by atoms with Crippen molar-refractivity contribution in [3.05, 3.63) is 59.4 Å². The predicted molar refractivity (Wildman–Crippen MR) is 93.4 cm³/mol. The minimum atomic E-state index is -4.50. The van der Waals surface area contributed by atoms with Crippen molar-refractivity contribution >= 4 is 17.5 Å². The first-order chi connectivity index (χ1) is 12.8. The number of hydrogen-bond acceptors (Lipinski definition) is 3. The maximum Gasteiger partial charge on any atom is 0.416 e. The molecule has 1 aliphatic rings. The smallest absolute Gasteiger partial charge is 0.349 e. The number of rotatable bonds is 4. The van der Waals surface area contributed by atoms with Crippen molar-refractivity contribution in [2.75, 3.05) is 5.32 Å². The predicted octanol–water partition coefficient (Wildman–Crippen LogP) is 4.03. The maximum atomic E-state index is 12.8. The highest BCUT2D eigenvalue weighted by molar-refractivity contribution is 6.04. The van der Waals surface area contributed by atoms with Gasteiger partial charge in [-0.2, -0.15) is 13.2 Å². The number of carbonyl (C=O) groups is 2. The van der Waals surface area contributed by atoms with Gasteiger partial charge in [0, 0.05) is 23.5 Å². The number of aromatic nitrogens is 1. The number of nitrogens with one attached hydrogen (secondary N) is 2. The van der Waals surface area contributed by atoms with Gasteiger partial charge in [-0.25, -0.2) is 0 Å². The second-order valence-corrected chi connectivity index (χ2v) is 6.42. The SMILES string of the molecule is O=C(NC1CCCC1)c1ccnc(C(=O)Nc2cccc(C(F)(F)F)c2)c1. The second-order valence-electron chi connectivity index (χ2n) is 6.42. The third-order valence-electron chi connectivity index (χ3n) is 4.39. The lowest BCUT2D eigenvalue weighted by molar-refractivity contribution is -0.137. The Balaban J connectivity index is 1.71. The van der Waals surface area contributed by atoms with Gasteiger partial charge >= 0.3 is 6.18 Å². The molecule has 0 unspecified atom stereocenters. The van der Waals surface area contributed by atoms with E-state index in [4.69, 9.17) is 0 Å². The van der Waals surface area contributed by atoms with Crippen LogP contribution in [0, 0.1) is 0 Å². The van der Waals surface area contributed by atoms with Gasteiger partial charge in [-0.05, 0) is 43.2 Å². The van der Waals surface area contributed by atoms with Gasteiger partial charge in [0.05, 0.1) is 5.56 Å².